The minimum Gasteiger partial charge on any atom is -0.457 e. The average molecular weight is 346 g/mol. The number of primary amides is 1. The van der Waals surface area contributed by atoms with Gasteiger partial charge in [-0.3, -0.25) is 9.59 Å². The highest BCUT2D eigenvalue weighted by Gasteiger charge is 2.07. The molecular weight excluding hydrogens is 328 g/mol. The molecule has 3 rings (SSSR count). The molecule has 3 aromatic carbocycles. The molecular formula is C21H18N2O3. The summed E-state index contributed by atoms with van der Waals surface area (Å²) in [7, 11) is 0. The summed E-state index contributed by atoms with van der Waals surface area (Å²) in [4.78, 5) is 23.2. The van der Waals surface area contributed by atoms with E-state index in [1.165, 1.54) is 0 Å². The number of hydrogen-bond donors (Lipinski definition) is 2. The molecule has 5 heteroatoms. The summed E-state index contributed by atoms with van der Waals surface area (Å²) in [6, 6.07) is 23.3. The minimum absolute atomic E-state index is 0.178. The van der Waals surface area contributed by atoms with Crippen LogP contribution in [-0.4, -0.2) is 11.8 Å². The van der Waals surface area contributed by atoms with Crippen LogP contribution in [0.5, 0.6) is 11.5 Å². The van der Waals surface area contributed by atoms with Crippen LogP contribution >= 0.6 is 0 Å². The van der Waals surface area contributed by atoms with Crippen LogP contribution in [0.1, 0.15) is 15.9 Å². The van der Waals surface area contributed by atoms with Crippen LogP contribution in [0.2, 0.25) is 0 Å². The lowest BCUT2D eigenvalue weighted by Gasteiger charge is -2.08. The molecule has 0 aliphatic heterocycles. The Hall–Kier alpha value is -3.60. The number of anilines is 1. The first-order valence-corrected chi connectivity index (χ1v) is 8.12. The molecule has 3 aromatic rings. The predicted molar refractivity (Wildman–Crippen MR) is 100 cm³/mol. The maximum Gasteiger partial charge on any atom is 0.255 e. The lowest BCUT2D eigenvalue weighted by molar-refractivity contribution is -0.117. The molecule has 0 aliphatic carbocycles. The van der Waals surface area contributed by atoms with Crippen molar-refractivity contribution in [2.75, 3.05) is 5.32 Å². The van der Waals surface area contributed by atoms with Crippen molar-refractivity contribution in [2.45, 2.75) is 6.42 Å². The van der Waals surface area contributed by atoms with Crippen LogP contribution in [0.4, 0.5) is 5.69 Å². The van der Waals surface area contributed by atoms with Crippen molar-refractivity contribution in [3.8, 4) is 11.5 Å². The summed E-state index contributed by atoms with van der Waals surface area (Å²) in [6.45, 7) is 0. The van der Waals surface area contributed by atoms with Gasteiger partial charge in [-0.1, -0.05) is 30.3 Å². The zero-order valence-electron chi connectivity index (χ0n) is 14.0. The number of nitrogens with one attached hydrogen (secondary N) is 1. The highest BCUT2D eigenvalue weighted by molar-refractivity contribution is 6.04. The fraction of sp³-hybridized carbons (Fsp3) is 0.0476. The number of ether oxygens (including phenoxy) is 1. The normalized spacial score (nSPS) is 10.2. The third-order valence-electron chi connectivity index (χ3n) is 3.69. The zero-order chi connectivity index (χ0) is 18.4. The van der Waals surface area contributed by atoms with E-state index in [9.17, 15) is 9.59 Å². The first-order valence-electron chi connectivity index (χ1n) is 8.12. The summed E-state index contributed by atoms with van der Waals surface area (Å²) in [6.07, 6.45) is 0.178. The summed E-state index contributed by atoms with van der Waals surface area (Å²) < 4.78 is 5.71. The second-order valence-electron chi connectivity index (χ2n) is 5.73. The first-order chi connectivity index (χ1) is 12.6. The molecule has 0 saturated heterocycles. The van der Waals surface area contributed by atoms with Crippen LogP contribution in [0.3, 0.4) is 0 Å². The summed E-state index contributed by atoms with van der Waals surface area (Å²) >= 11 is 0. The number of amides is 2. The second kappa shape index (κ2) is 7.98. The van der Waals surface area contributed by atoms with Gasteiger partial charge in [0.1, 0.15) is 11.5 Å². The van der Waals surface area contributed by atoms with Crippen molar-refractivity contribution in [3.63, 3.8) is 0 Å². The molecule has 0 radical (unpaired) electrons. The van der Waals surface area contributed by atoms with Crippen molar-refractivity contribution < 1.29 is 14.3 Å². The SMILES string of the molecule is NC(=O)Cc1ccc(NC(=O)c2ccc(Oc3ccccc3)cc2)cc1. The van der Waals surface area contributed by atoms with E-state index in [4.69, 9.17) is 10.5 Å². The summed E-state index contributed by atoms with van der Waals surface area (Å²) in [5.41, 5.74) is 7.13. The molecule has 0 aliphatic rings. The standard InChI is InChI=1S/C21H18N2O3/c22-20(24)14-15-6-10-17(11-7-15)23-21(25)16-8-12-19(13-9-16)26-18-4-2-1-3-5-18/h1-13H,14H2,(H2,22,24)(H,23,25). The van der Waals surface area contributed by atoms with Crippen LogP contribution in [0, 0.1) is 0 Å². The quantitative estimate of drug-likeness (QED) is 0.713. The number of carbonyl (C=O) groups excluding carboxylic acids is 2. The highest BCUT2D eigenvalue weighted by atomic mass is 16.5. The number of benzene rings is 3. The molecule has 0 saturated carbocycles. The van der Waals surface area contributed by atoms with E-state index in [0.29, 0.717) is 17.0 Å². The lowest BCUT2D eigenvalue weighted by Crippen LogP contribution is -2.14. The highest BCUT2D eigenvalue weighted by Crippen LogP contribution is 2.21. The Bertz CT molecular complexity index is 889. The number of rotatable bonds is 6. The van der Waals surface area contributed by atoms with E-state index in [-0.39, 0.29) is 18.2 Å². The molecule has 0 heterocycles. The number of hydrogen-bond acceptors (Lipinski definition) is 3. The van der Waals surface area contributed by atoms with Crippen molar-refractivity contribution in [3.05, 3.63) is 90.0 Å². The van der Waals surface area contributed by atoms with Gasteiger partial charge in [0, 0.05) is 11.3 Å². The van der Waals surface area contributed by atoms with Crippen LogP contribution in [0.25, 0.3) is 0 Å². The van der Waals surface area contributed by atoms with Crippen molar-refractivity contribution in [1.29, 1.82) is 0 Å². The van der Waals surface area contributed by atoms with E-state index in [2.05, 4.69) is 5.32 Å². The predicted octanol–water partition coefficient (Wildman–Crippen LogP) is 3.76. The molecule has 26 heavy (non-hydrogen) atoms. The van der Waals surface area contributed by atoms with Gasteiger partial charge in [-0.05, 0) is 54.1 Å². The number of para-hydroxylation sites is 1. The minimum atomic E-state index is -0.389. The largest absolute Gasteiger partial charge is 0.457 e. The Balaban J connectivity index is 1.62. The third-order valence-corrected chi connectivity index (χ3v) is 3.69. The Kier molecular flexibility index (Phi) is 5.29. The van der Waals surface area contributed by atoms with E-state index in [1.54, 1.807) is 48.5 Å². The molecule has 0 aromatic heterocycles. The molecule has 0 atom stereocenters. The Labute approximate surface area is 151 Å². The van der Waals surface area contributed by atoms with Crippen molar-refractivity contribution in [1.82, 2.24) is 0 Å². The molecule has 3 N–H and O–H groups in total. The van der Waals surface area contributed by atoms with Crippen LogP contribution in [0.15, 0.2) is 78.9 Å². The second-order valence-corrected chi connectivity index (χ2v) is 5.73. The Morgan fingerprint density at radius 1 is 0.808 bits per heavy atom. The monoisotopic (exact) mass is 346 g/mol. The van der Waals surface area contributed by atoms with Crippen molar-refractivity contribution in [2.24, 2.45) is 5.73 Å². The Morgan fingerprint density at radius 3 is 2.04 bits per heavy atom. The van der Waals surface area contributed by atoms with Gasteiger partial charge < -0.3 is 15.8 Å². The molecule has 0 unspecified atom stereocenters. The average Bonchev–Trinajstić information content (AvgIpc) is 2.64. The van der Waals surface area contributed by atoms with Gasteiger partial charge in [-0.15, -0.1) is 0 Å². The van der Waals surface area contributed by atoms with Crippen LogP contribution < -0.4 is 15.8 Å². The van der Waals surface area contributed by atoms with Gasteiger partial charge in [0.2, 0.25) is 5.91 Å². The van der Waals surface area contributed by atoms with Crippen molar-refractivity contribution >= 4 is 17.5 Å². The van der Waals surface area contributed by atoms with E-state index in [0.717, 1.165) is 11.3 Å². The summed E-state index contributed by atoms with van der Waals surface area (Å²) in [5, 5.41) is 2.81. The molecule has 0 fully saturated rings. The van der Waals surface area contributed by atoms with E-state index in [1.807, 2.05) is 30.3 Å². The topological polar surface area (TPSA) is 81.4 Å². The summed E-state index contributed by atoms with van der Waals surface area (Å²) in [5.74, 6) is 0.780. The number of carbonyl (C=O) groups is 2. The van der Waals surface area contributed by atoms with E-state index < -0.39 is 0 Å². The maximum atomic E-state index is 12.3. The van der Waals surface area contributed by atoms with Gasteiger partial charge in [0.25, 0.3) is 5.91 Å². The van der Waals surface area contributed by atoms with Gasteiger partial charge in [0.05, 0.1) is 6.42 Å². The molecule has 0 spiro atoms. The first kappa shape index (κ1) is 17.2. The van der Waals surface area contributed by atoms with E-state index >= 15 is 0 Å². The lowest BCUT2D eigenvalue weighted by atomic mass is 10.1. The molecule has 0 bridgehead atoms. The molecule has 2 amide bonds. The van der Waals surface area contributed by atoms with Crippen LogP contribution in [-0.2, 0) is 11.2 Å². The zero-order valence-corrected chi connectivity index (χ0v) is 14.0. The van der Waals surface area contributed by atoms with Gasteiger partial charge in [-0.25, -0.2) is 0 Å². The molecule has 5 nitrogen and oxygen atoms in total. The third kappa shape index (κ3) is 4.70. The maximum absolute atomic E-state index is 12.3. The smallest absolute Gasteiger partial charge is 0.255 e. The van der Waals surface area contributed by atoms with Gasteiger partial charge in [0.15, 0.2) is 0 Å². The fourth-order valence-electron chi connectivity index (χ4n) is 2.41. The fourth-order valence-corrected chi connectivity index (χ4v) is 2.41. The van der Waals surface area contributed by atoms with Gasteiger partial charge in [-0.2, -0.15) is 0 Å². The molecule has 130 valence electrons. The van der Waals surface area contributed by atoms with Gasteiger partial charge >= 0.3 is 0 Å². The number of nitrogens with two attached hydrogens (primary N) is 1. The Morgan fingerprint density at radius 2 is 1.42 bits per heavy atom.